The van der Waals surface area contributed by atoms with Gasteiger partial charge >= 0.3 is 0 Å². The second kappa shape index (κ2) is 5.99. The van der Waals surface area contributed by atoms with E-state index < -0.39 is 5.54 Å². The molecule has 1 amide bonds. The molecule has 0 unspecified atom stereocenters. The van der Waals surface area contributed by atoms with Crippen molar-refractivity contribution in [3.05, 3.63) is 30.4 Å². The average Bonchev–Trinajstić information content (AvgIpc) is 2.93. The highest BCUT2D eigenvalue weighted by Crippen LogP contribution is 2.49. The summed E-state index contributed by atoms with van der Waals surface area (Å²) in [5, 5.41) is 7.37. The van der Waals surface area contributed by atoms with Crippen molar-refractivity contribution in [1.29, 1.82) is 0 Å². The summed E-state index contributed by atoms with van der Waals surface area (Å²) in [6.45, 7) is 6.08. The van der Waals surface area contributed by atoms with Crippen LogP contribution < -0.4 is 10.6 Å². The van der Waals surface area contributed by atoms with Gasteiger partial charge in [0.15, 0.2) is 0 Å². The van der Waals surface area contributed by atoms with Gasteiger partial charge in [-0.2, -0.15) is 0 Å². The first-order valence-corrected chi connectivity index (χ1v) is 10.6. The predicted molar refractivity (Wildman–Crippen MR) is 103 cm³/mol. The number of carbonyl (C=O) groups is 1. The van der Waals surface area contributed by atoms with Gasteiger partial charge in [0.05, 0.1) is 17.3 Å². The highest BCUT2D eigenvalue weighted by Gasteiger charge is 2.57. The predicted octanol–water partition coefficient (Wildman–Crippen LogP) is 2.80. The van der Waals surface area contributed by atoms with Crippen molar-refractivity contribution in [3.63, 3.8) is 0 Å². The van der Waals surface area contributed by atoms with E-state index in [1.165, 1.54) is 24.2 Å². The first kappa shape index (κ1) is 16.6. The second-order valence-electron chi connectivity index (χ2n) is 8.51. The molecule has 2 aromatic heterocycles. The Kier molecular flexibility index (Phi) is 3.83. The number of fused-ring (bicyclic) bond motifs is 2. The third-order valence-corrected chi connectivity index (χ3v) is 7.67. The molecule has 5 nitrogen and oxygen atoms in total. The van der Waals surface area contributed by atoms with Crippen LogP contribution in [0, 0.1) is 17.8 Å². The van der Waals surface area contributed by atoms with Crippen molar-refractivity contribution in [2.45, 2.75) is 48.8 Å². The lowest BCUT2D eigenvalue weighted by molar-refractivity contribution is -0.124. The van der Waals surface area contributed by atoms with E-state index in [2.05, 4.69) is 47.2 Å². The van der Waals surface area contributed by atoms with Crippen molar-refractivity contribution in [3.8, 4) is 0 Å². The minimum Gasteiger partial charge on any atom is -0.344 e. The van der Waals surface area contributed by atoms with Gasteiger partial charge in [-0.1, -0.05) is 6.42 Å². The molecule has 2 aromatic rings. The Hall–Kier alpha value is -1.53. The minimum atomic E-state index is -0.492. The number of nitrogens with zero attached hydrogens (tertiary/aromatic N) is 2. The van der Waals surface area contributed by atoms with E-state index >= 15 is 0 Å². The Morgan fingerprint density at radius 1 is 1.35 bits per heavy atom. The monoisotopic (exact) mass is 370 g/mol. The number of rotatable bonds is 5. The van der Waals surface area contributed by atoms with Crippen LogP contribution in [0.4, 0.5) is 0 Å². The van der Waals surface area contributed by atoms with Crippen molar-refractivity contribution in [2.75, 3.05) is 13.1 Å². The van der Waals surface area contributed by atoms with Gasteiger partial charge in [-0.3, -0.25) is 4.79 Å². The molecule has 1 saturated heterocycles. The first-order chi connectivity index (χ1) is 12.5. The summed E-state index contributed by atoms with van der Waals surface area (Å²) in [7, 11) is 0. The quantitative estimate of drug-likeness (QED) is 0.850. The first-order valence-electron chi connectivity index (χ1n) is 9.70. The lowest BCUT2D eigenvalue weighted by Gasteiger charge is -2.26. The zero-order chi connectivity index (χ0) is 17.9. The molecule has 2 aliphatic carbocycles. The van der Waals surface area contributed by atoms with Crippen molar-refractivity contribution in [1.82, 2.24) is 20.0 Å². The lowest BCUT2D eigenvalue weighted by atomic mass is 10.0. The highest BCUT2D eigenvalue weighted by atomic mass is 32.2. The number of nitrogens with one attached hydrogen (secondary N) is 2. The molecular formula is C20H26N4OS. The van der Waals surface area contributed by atoms with E-state index in [-0.39, 0.29) is 11.8 Å². The standard InChI is InChI=1S/C20H26N4OS/c1-20(2,23-18(25)17-13-9-21-10-14(13)17)19-22-11-15-16(7-4-8-24(15)19)26-12-5-3-6-12/h4,7-8,11-14,17,21H,3,5-6,9-10H2,1-2H3,(H,23,25)/t13-,14+,17+. The molecule has 1 aliphatic heterocycles. The molecule has 138 valence electrons. The molecule has 26 heavy (non-hydrogen) atoms. The number of piperidine rings is 1. The molecule has 2 saturated carbocycles. The van der Waals surface area contributed by atoms with Crippen LogP contribution in [0.2, 0.25) is 0 Å². The minimum absolute atomic E-state index is 0.184. The zero-order valence-corrected chi connectivity index (χ0v) is 16.2. The van der Waals surface area contributed by atoms with Gasteiger partial charge in [0.2, 0.25) is 5.91 Å². The van der Waals surface area contributed by atoms with E-state index in [0.717, 1.165) is 29.7 Å². The van der Waals surface area contributed by atoms with Crippen LogP contribution in [0.15, 0.2) is 29.4 Å². The Balaban J connectivity index is 1.38. The fraction of sp³-hybridized carbons (Fsp3) is 0.600. The maximum Gasteiger partial charge on any atom is 0.224 e. The van der Waals surface area contributed by atoms with Crippen LogP contribution in [0.5, 0.6) is 0 Å². The SMILES string of the molecule is CC(C)(NC(=O)[C@H]1[C@@H]2CNC[C@@H]21)c1ncc2c(SC3CCC3)cccn12. The van der Waals surface area contributed by atoms with Crippen molar-refractivity contribution < 1.29 is 4.79 Å². The number of pyridine rings is 1. The molecule has 0 radical (unpaired) electrons. The number of thioether (sulfide) groups is 1. The number of aromatic nitrogens is 2. The Morgan fingerprint density at radius 2 is 2.12 bits per heavy atom. The molecule has 6 heteroatoms. The molecule has 3 heterocycles. The van der Waals surface area contributed by atoms with Crippen LogP contribution in [0.1, 0.15) is 38.9 Å². The number of hydrogen-bond donors (Lipinski definition) is 2. The van der Waals surface area contributed by atoms with Crippen molar-refractivity contribution >= 4 is 23.2 Å². The molecular weight excluding hydrogens is 344 g/mol. The molecule has 5 rings (SSSR count). The molecule has 3 fully saturated rings. The summed E-state index contributed by atoms with van der Waals surface area (Å²) in [5.74, 6) is 2.34. The van der Waals surface area contributed by atoms with Gasteiger partial charge in [-0.25, -0.2) is 4.98 Å². The molecule has 0 bridgehead atoms. The fourth-order valence-electron chi connectivity index (χ4n) is 4.48. The highest BCUT2D eigenvalue weighted by molar-refractivity contribution is 8.00. The number of hydrogen-bond acceptors (Lipinski definition) is 4. The van der Waals surface area contributed by atoms with Gasteiger partial charge < -0.3 is 15.0 Å². The topological polar surface area (TPSA) is 58.4 Å². The van der Waals surface area contributed by atoms with E-state index in [0.29, 0.717) is 11.8 Å². The van der Waals surface area contributed by atoms with E-state index in [1.54, 1.807) is 0 Å². The van der Waals surface area contributed by atoms with E-state index in [1.807, 2.05) is 18.0 Å². The third kappa shape index (κ3) is 2.65. The fourth-order valence-corrected chi connectivity index (χ4v) is 5.84. The lowest BCUT2D eigenvalue weighted by Crippen LogP contribution is -2.44. The average molecular weight is 371 g/mol. The molecule has 3 atom stereocenters. The van der Waals surface area contributed by atoms with Gasteiger partial charge in [0.1, 0.15) is 5.82 Å². The van der Waals surface area contributed by atoms with Gasteiger partial charge in [0.25, 0.3) is 0 Å². The van der Waals surface area contributed by atoms with Gasteiger partial charge in [-0.05, 0) is 63.7 Å². The summed E-state index contributed by atoms with van der Waals surface area (Å²) in [4.78, 5) is 18.7. The molecule has 0 spiro atoms. The summed E-state index contributed by atoms with van der Waals surface area (Å²) in [6, 6.07) is 4.28. The Morgan fingerprint density at radius 3 is 2.81 bits per heavy atom. The van der Waals surface area contributed by atoms with Crippen LogP contribution in [0.3, 0.4) is 0 Å². The molecule has 2 N–H and O–H groups in total. The summed E-state index contributed by atoms with van der Waals surface area (Å²) in [5.41, 5.74) is 0.655. The smallest absolute Gasteiger partial charge is 0.224 e. The van der Waals surface area contributed by atoms with Crippen LogP contribution >= 0.6 is 11.8 Å². The van der Waals surface area contributed by atoms with E-state index in [4.69, 9.17) is 4.98 Å². The van der Waals surface area contributed by atoms with Gasteiger partial charge in [0, 0.05) is 22.3 Å². The maximum absolute atomic E-state index is 12.7. The largest absolute Gasteiger partial charge is 0.344 e. The summed E-state index contributed by atoms with van der Waals surface area (Å²) < 4.78 is 2.15. The number of imidazole rings is 1. The maximum atomic E-state index is 12.7. The second-order valence-corrected chi connectivity index (χ2v) is 9.85. The van der Waals surface area contributed by atoms with Crippen LogP contribution in [0.25, 0.3) is 5.52 Å². The Labute approximate surface area is 158 Å². The molecule has 0 aromatic carbocycles. The normalized spacial score (nSPS) is 28.0. The zero-order valence-electron chi connectivity index (χ0n) is 15.4. The van der Waals surface area contributed by atoms with Crippen LogP contribution in [-0.2, 0) is 10.3 Å². The van der Waals surface area contributed by atoms with E-state index in [9.17, 15) is 4.79 Å². The number of carbonyl (C=O) groups excluding carboxylic acids is 1. The summed E-state index contributed by atoms with van der Waals surface area (Å²) in [6.07, 6.45) is 7.99. The Bertz CT molecular complexity index is 847. The third-order valence-electron chi connectivity index (χ3n) is 6.27. The van der Waals surface area contributed by atoms with Crippen LogP contribution in [-0.4, -0.2) is 33.6 Å². The summed E-state index contributed by atoms with van der Waals surface area (Å²) >= 11 is 1.97. The van der Waals surface area contributed by atoms with Gasteiger partial charge in [-0.15, -0.1) is 11.8 Å². The molecule has 3 aliphatic rings. The number of amides is 1. The van der Waals surface area contributed by atoms with Crippen molar-refractivity contribution in [2.24, 2.45) is 17.8 Å².